The van der Waals surface area contributed by atoms with Gasteiger partial charge in [-0.15, -0.1) is 0 Å². The highest BCUT2D eigenvalue weighted by Crippen LogP contribution is 2.43. The van der Waals surface area contributed by atoms with E-state index in [-0.39, 0.29) is 11.9 Å². The van der Waals surface area contributed by atoms with Crippen molar-refractivity contribution in [1.82, 2.24) is 0 Å². The Morgan fingerprint density at radius 2 is 1.61 bits per heavy atom. The van der Waals surface area contributed by atoms with Crippen molar-refractivity contribution in [3.8, 4) is 11.5 Å². The molecule has 0 aliphatic carbocycles. The molecule has 4 nitrogen and oxygen atoms in total. The van der Waals surface area contributed by atoms with Gasteiger partial charge in [-0.3, -0.25) is 4.79 Å². The van der Waals surface area contributed by atoms with Crippen molar-refractivity contribution < 1.29 is 14.3 Å². The molecule has 1 aliphatic rings. The predicted molar refractivity (Wildman–Crippen MR) is 134 cm³/mol. The van der Waals surface area contributed by atoms with E-state index in [1.807, 2.05) is 41.3 Å². The average Bonchev–Trinajstić information content (AvgIpc) is 2.82. The molecule has 1 atom stereocenters. The first-order valence-corrected chi connectivity index (χ1v) is 11.7. The minimum atomic E-state index is -0.292. The molecule has 0 N–H and O–H groups in total. The van der Waals surface area contributed by atoms with Gasteiger partial charge in [0.05, 0.1) is 26.7 Å². The molecule has 1 aliphatic heterocycles. The zero-order chi connectivity index (χ0) is 23.5. The van der Waals surface area contributed by atoms with Crippen molar-refractivity contribution in [3.05, 3.63) is 87.9 Å². The summed E-state index contributed by atoms with van der Waals surface area (Å²) in [6, 6.07) is 19.7. The summed E-state index contributed by atoms with van der Waals surface area (Å²) in [6.45, 7) is 4.47. The van der Waals surface area contributed by atoms with E-state index in [0.717, 1.165) is 35.2 Å². The molecule has 3 aromatic rings. The first-order chi connectivity index (χ1) is 15.9. The molecular formula is C28H30ClNO3. The second kappa shape index (κ2) is 9.88. The highest BCUT2D eigenvalue weighted by molar-refractivity contribution is 6.30. The van der Waals surface area contributed by atoms with Gasteiger partial charge in [0.15, 0.2) is 11.5 Å². The lowest BCUT2D eigenvalue weighted by atomic mass is 9.86. The van der Waals surface area contributed by atoms with E-state index in [4.69, 9.17) is 21.1 Å². The van der Waals surface area contributed by atoms with Crippen molar-refractivity contribution in [1.29, 1.82) is 0 Å². The van der Waals surface area contributed by atoms with Gasteiger partial charge in [-0.05, 0) is 77.4 Å². The molecule has 0 saturated carbocycles. The standard InChI is InChI=1S/C28H30ClNO3/c1-18(2)5-6-19-7-13-23(14-8-19)30-27(31)16-21-15-25(32-3)26(33-4)17-24(21)28(30)20-9-11-22(29)12-10-20/h7-15,17-18,28H,5-6,16H2,1-4H3. The van der Waals surface area contributed by atoms with Crippen molar-refractivity contribution in [2.24, 2.45) is 5.92 Å². The zero-order valence-electron chi connectivity index (χ0n) is 19.6. The number of hydrogen-bond donors (Lipinski definition) is 0. The molecule has 1 unspecified atom stereocenters. The van der Waals surface area contributed by atoms with Crippen molar-refractivity contribution in [2.45, 2.75) is 39.2 Å². The Balaban J connectivity index is 1.80. The third kappa shape index (κ3) is 4.86. The van der Waals surface area contributed by atoms with Gasteiger partial charge < -0.3 is 14.4 Å². The van der Waals surface area contributed by atoms with Crippen LogP contribution in [0.4, 0.5) is 5.69 Å². The molecule has 33 heavy (non-hydrogen) atoms. The second-order valence-corrected chi connectivity index (χ2v) is 9.34. The van der Waals surface area contributed by atoms with Crippen LogP contribution in [-0.4, -0.2) is 20.1 Å². The monoisotopic (exact) mass is 463 g/mol. The predicted octanol–water partition coefficient (Wildman–Crippen LogP) is 6.62. The van der Waals surface area contributed by atoms with Gasteiger partial charge in [0, 0.05) is 10.7 Å². The van der Waals surface area contributed by atoms with Crippen LogP contribution >= 0.6 is 11.6 Å². The number of aryl methyl sites for hydroxylation is 1. The van der Waals surface area contributed by atoms with Crippen LogP contribution in [0, 0.1) is 5.92 Å². The van der Waals surface area contributed by atoms with Gasteiger partial charge in [-0.2, -0.15) is 0 Å². The van der Waals surface area contributed by atoms with Crippen molar-refractivity contribution >= 4 is 23.2 Å². The Morgan fingerprint density at radius 3 is 2.21 bits per heavy atom. The number of amides is 1. The highest BCUT2D eigenvalue weighted by atomic mass is 35.5. The fraction of sp³-hybridized carbons (Fsp3) is 0.321. The lowest BCUT2D eigenvalue weighted by Crippen LogP contribution is -2.41. The lowest BCUT2D eigenvalue weighted by molar-refractivity contribution is -0.118. The normalized spacial score (nSPS) is 15.5. The number of carbonyl (C=O) groups excluding carboxylic acids is 1. The van der Waals surface area contributed by atoms with E-state index < -0.39 is 0 Å². The number of carbonyl (C=O) groups is 1. The highest BCUT2D eigenvalue weighted by Gasteiger charge is 2.35. The largest absolute Gasteiger partial charge is 0.493 e. The van der Waals surface area contributed by atoms with Crippen LogP contribution < -0.4 is 14.4 Å². The fourth-order valence-electron chi connectivity index (χ4n) is 4.42. The van der Waals surface area contributed by atoms with Crippen molar-refractivity contribution in [2.75, 3.05) is 19.1 Å². The lowest BCUT2D eigenvalue weighted by Gasteiger charge is -2.38. The van der Waals surface area contributed by atoms with Crippen LogP contribution in [0.2, 0.25) is 5.02 Å². The Kier molecular flexibility index (Phi) is 6.94. The van der Waals surface area contributed by atoms with Gasteiger partial charge in [-0.1, -0.05) is 49.7 Å². The Morgan fingerprint density at radius 1 is 0.970 bits per heavy atom. The minimum absolute atomic E-state index is 0.0459. The van der Waals surface area contributed by atoms with E-state index in [0.29, 0.717) is 28.9 Å². The third-order valence-electron chi connectivity index (χ3n) is 6.22. The van der Waals surface area contributed by atoms with Crippen LogP contribution in [0.1, 0.15) is 48.6 Å². The maximum atomic E-state index is 13.5. The third-order valence-corrected chi connectivity index (χ3v) is 6.47. The molecule has 0 fully saturated rings. The quantitative estimate of drug-likeness (QED) is 0.395. The summed E-state index contributed by atoms with van der Waals surface area (Å²) in [5.41, 5.74) is 5.13. The molecule has 0 saturated heterocycles. The van der Waals surface area contributed by atoms with Gasteiger partial charge in [0.25, 0.3) is 0 Å². The first-order valence-electron chi connectivity index (χ1n) is 11.3. The van der Waals surface area contributed by atoms with Crippen LogP contribution in [-0.2, 0) is 17.6 Å². The molecule has 0 aromatic heterocycles. The number of hydrogen-bond acceptors (Lipinski definition) is 3. The number of fused-ring (bicyclic) bond motifs is 1. The van der Waals surface area contributed by atoms with E-state index in [9.17, 15) is 4.79 Å². The summed E-state index contributed by atoms with van der Waals surface area (Å²) in [5, 5.41) is 0.662. The molecule has 1 amide bonds. The van der Waals surface area contributed by atoms with E-state index in [2.05, 4.69) is 38.1 Å². The summed E-state index contributed by atoms with van der Waals surface area (Å²) in [4.78, 5) is 15.4. The van der Waals surface area contributed by atoms with Crippen LogP contribution in [0.5, 0.6) is 11.5 Å². The molecule has 0 bridgehead atoms. The fourth-order valence-corrected chi connectivity index (χ4v) is 4.55. The number of rotatable bonds is 7. The van der Waals surface area contributed by atoms with E-state index in [1.165, 1.54) is 5.56 Å². The number of methoxy groups -OCH3 is 2. The molecule has 0 spiro atoms. The van der Waals surface area contributed by atoms with Gasteiger partial charge >= 0.3 is 0 Å². The number of ether oxygens (including phenoxy) is 2. The Hall–Kier alpha value is -2.98. The summed E-state index contributed by atoms with van der Waals surface area (Å²) in [5.74, 6) is 1.98. The summed E-state index contributed by atoms with van der Waals surface area (Å²) in [6.07, 6.45) is 2.48. The topological polar surface area (TPSA) is 38.8 Å². The molecule has 0 radical (unpaired) electrons. The molecule has 172 valence electrons. The SMILES string of the molecule is COc1cc2c(cc1OC)C(c1ccc(Cl)cc1)N(c1ccc(CCC(C)C)cc1)C(=O)C2. The number of anilines is 1. The number of nitrogens with zero attached hydrogens (tertiary/aromatic N) is 1. The van der Waals surface area contributed by atoms with Gasteiger partial charge in [0.1, 0.15) is 0 Å². The molecular weight excluding hydrogens is 434 g/mol. The molecule has 1 heterocycles. The van der Waals surface area contributed by atoms with Crippen LogP contribution in [0.25, 0.3) is 0 Å². The van der Waals surface area contributed by atoms with E-state index >= 15 is 0 Å². The van der Waals surface area contributed by atoms with Gasteiger partial charge in [0.2, 0.25) is 5.91 Å². The van der Waals surface area contributed by atoms with Crippen molar-refractivity contribution in [3.63, 3.8) is 0 Å². The maximum absolute atomic E-state index is 13.5. The molecule has 5 heteroatoms. The van der Waals surface area contributed by atoms with Gasteiger partial charge in [-0.25, -0.2) is 0 Å². The maximum Gasteiger partial charge on any atom is 0.232 e. The average molecular weight is 464 g/mol. The minimum Gasteiger partial charge on any atom is -0.493 e. The first kappa shape index (κ1) is 23.2. The smallest absolute Gasteiger partial charge is 0.232 e. The number of benzene rings is 3. The van der Waals surface area contributed by atoms with Crippen LogP contribution in [0.15, 0.2) is 60.7 Å². The summed E-state index contributed by atoms with van der Waals surface area (Å²) in [7, 11) is 3.24. The van der Waals surface area contributed by atoms with Crippen LogP contribution in [0.3, 0.4) is 0 Å². The Bertz CT molecular complexity index is 1120. The zero-order valence-corrected chi connectivity index (χ0v) is 20.4. The second-order valence-electron chi connectivity index (χ2n) is 8.90. The summed E-state index contributed by atoms with van der Waals surface area (Å²) < 4.78 is 11.1. The number of halogens is 1. The summed E-state index contributed by atoms with van der Waals surface area (Å²) >= 11 is 6.17. The molecule has 4 rings (SSSR count). The van der Waals surface area contributed by atoms with E-state index in [1.54, 1.807) is 14.2 Å². The Labute approximate surface area is 201 Å². The molecule has 3 aromatic carbocycles.